The van der Waals surface area contributed by atoms with Crippen molar-refractivity contribution in [3.8, 4) is 0 Å². The van der Waals surface area contributed by atoms with E-state index in [-0.39, 0.29) is 30.0 Å². The van der Waals surface area contributed by atoms with Crippen LogP contribution in [0.5, 0.6) is 0 Å². The first kappa shape index (κ1) is 18.9. The number of nitrogens with two attached hydrogens (primary N) is 1. The van der Waals surface area contributed by atoms with Gasteiger partial charge in [0.1, 0.15) is 0 Å². The maximum atomic E-state index is 11.7. The lowest BCUT2D eigenvalue weighted by Crippen LogP contribution is -2.28. The minimum atomic E-state index is -3.53. The molecule has 0 aromatic heterocycles. The molecule has 0 fully saturated rings. The van der Waals surface area contributed by atoms with Gasteiger partial charge < -0.3 is 10.6 Å². The maximum absolute atomic E-state index is 11.7. The maximum Gasteiger partial charge on any atom is 0.228 e. The number of primary sulfonamides is 1. The number of benzene rings is 1. The molecule has 0 spiro atoms. The topological polar surface area (TPSA) is 101 Å². The Morgan fingerprint density at radius 3 is 2.30 bits per heavy atom. The van der Waals surface area contributed by atoms with E-state index < -0.39 is 10.0 Å². The predicted molar refractivity (Wildman–Crippen MR) is 82.2 cm³/mol. The van der Waals surface area contributed by atoms with Crippen LogP contribution in [-0.2, 0) is 20.6 Å². The van der Waals surface area contributed by atoms with Crippen LogP contribution in [0.15, 0.2) is 24.3 Å². The van der Waals surface area contributed by atoms with Crippen molar-refractivity contribution in [1.82, 2.24) is 5.32 Å². The fraction of sp³-hybridized carbons (Fsp3) is 0.417. The first-order valence-electron chi connectivity index (χ1n) is 5.86. The minimum absolute atomic E-state index is 0. The van der Waals surface area contributed by atoms with Crippen LogP contribution in [0, 0.1) is 5.92 Å². The quantitative estimate of drug-likeness (QED) is 0.717. The number of halogens is 1. The molecular weight excluding hydrogens is 302 g/mol. The second-order valence-corrected chi connectivity index (χ2v) is 6.07. The first-order valence-corrected chi connectivity index (χ1v) is 7.58. The van der Waals surface area contributed by atoms with Gasteiger partial charge in [-0.3, -0.25) is 4.79 Å². The van der Waals surface area contributed by atoms with E-state index >= 15 is 0 Å². The van der Waals surface area contributed by atoms with Crippen LogP contribution in [0.2, 0.25) is 0 Å². The summed E-state index contributed by atoms with van der Waals surface area (Å²) in [4.78, 5) is 11.7. The number of anilines is 1. The Balaban J connectivity index is 0.00000361. The number of nitrogens with one attached hydrogen (secondary N) is 2. The van der Waals surface area contributed by atoms with Gasteiger partial charge in [0.15, 0.2) is 0 Å². The second-order valence-electron chi connectivity index (χ2n) is 4.45. The average Bonchev–Trinajstić information content (AvgIpc) is 2.30. The molecule has 6 nitrogen and oxygen atoms in total. The van der Waals surface area contributed by atoms with Crippen molar-refractivity contribution < 1.29 is 13.2 Å². The highest BCUT2D eigenvalue weighted by Crippen LogP contribution is 2.12. The fourth-order valence-corrected chi connectivity index (χ4v) is 2.24. The first-order chi connectivity index (χ1) is 8.81. The summed E-state index contributed by atoms with van der Waals surface area (Å²) in [6.07, 6.45) is 0. The van der Waals surface area contributed by atoms with E-state index in [9.17, 15) is 13.2 Å². The van der Waals surface area contributed by atoms with E-state index in [0.29, 0.717) is 17.8 Å². The van der Waals surface area contributed by atoms with Gasteiger partial charge in [0.2, 0.25) is 15.9 Å². The molecule has 114 valence electrons. The Labute approximate surface area is 125 Å². The molecule has 0 aliphatic heterocycles. The summed E-state index contributed by atoms with van der Waals surface area (Å²) in [6.45, 7) is 2.41. The van der Waals surface area contributed by atoms with Gasteiger partial charge in [0.25, 0.3) is 0 Å². The number of hydrogen-bond acceptors (Lipinski definition) is 4. The molecule has 0 radical (unpaired) electrons. The Kier molecular flexibility index (Phi) is 7.74. The van der Waals surface area contributed by atoms with Crippen molar-refractivity contribution in [3.05, 3.63) is 29.8 Å². The zero-order chi connectivity index (χ0) is 14.5. The second kappa shape index (κ2) is 8.21. The number of rotatable bonds is 6. The molecule has 0 heterocycles. The molecule has 0 aliphatic rings. The van der Waals surface area contributed by atoms with Crippen LogP contribution in [0.1, 0.15) is 12.5 Å². The van der Waals surface area contributed by atoms with E-state index in [1.807, 2.05) is 6.92 Å². The highest BCUT2D eigenvalue weighted by Gasteiger charge is 2.12. The molecule has 20 heavy (non-hydrogen) atoms. The van der Waals surface area contributed by atoms with Crippen molar-refractivity contribution in [2.45, 2.75) is 12.7 Å². The van der Waals surface area contributed by atoms with Gasteiger partial charge in [-0.2, -0.15) is 0 Å². The molecule has 0 aliphatic carbocycles. The molecule has 4 N–H and O–H groups in total. The third-order valence-corrected chi connectivity index (χ3v) is 3.28. The molecule has 1 aromatic rings. The van der Waals surface area contributed by atoms with E-state index in [0.717, 1.165) is 0 Å². The SMILES string of the molecule is CNCC(C)C(=O)Nc1ccc(CS(N)(=O)=O)cc1.Cl. The number of hydrogen-bond donors (Lipinski definition) is 3. The van der Waals surface area contributed by atoms with Crippen molar-refractivity contribution in [2.24, 2.45) is 11.1 Å². The van der Waals surface area contributed by atoms with Crippen LogP contribution >= 0.6 is 12.4 Å². The molecule has 0 saturated carbocycles. The van der Waals surface area contributed by atoms with Gasteiger partial charge in [-0.25, -0.2) is 13.6 Å². The number of amides is 1. The van der Waals surface area contributed by atoms with Gasteiger partial charge in [-0.1, -0.05) is 19.1 Å². The molecule has 0 saturated heterocycles. The van der Waals surface area contributed by atoms with Gasteiger partial charge in [0, 0.05) is 18.2 Å². The summed E-state index contributed by atoms with van der Waals surface area (Å²) in [5.74, 6) is -0.445. The van der Waals surface area contributed by atoms with E-state index in [1.165, 1.54) is 0 Å². The third-order valence-electron chi connectivity index (χ3n) is 2.55. The van der Waals surface area contributed by atoms with Crippen LogP contribution in [0.3, 0.4) is 0 Å². The van der Waals surface area contributed by atoms with Gasteiger partial charge >= 0.3 is 0 Å². The van der Waals surface area contributed by atoms with Gasteiger partial charge in [0.05, 0.1) is 5.75 Å². The molecule has 1 aromatic carbocycles. The lowest BCUT2D eigenvalue weighted by molar-refractivity contribution is -0.119. The zero-order valence-electron chi connectivity index (χ0n) is 11.4. The van der Waals surface area contributed by atoms with Crippen molar-refractivity contribution in [2.75, 3.05) is 18.9 Å². The number of carbonyl (C=O) groups excluding carboxylic acids is 1. The summed E-state index contributed by atoms with van der Waals surface area (Å²) in [5, 5.41) is 10.6. The van der Waals surface area contributed by atoms with E-state index in [4.69, 9.17) is 5.14 Å². The molecule has 1 amide bonds. The normalized spacial score (nSPS) is 12.3. The van der Waals surface area contributed by atoms with E-state index in [1.54, 1.807) is 31.3 Å². The average molecular weight is 322 g/mol. The van der Waals surface area contributed by atoms with Crippen molar-refractivity contribution >= 4 is 34.0 Å². The molecule has 0 bridgehead atoms. The van der Waals surface area contributed by atoms with Gasteiger partial charge in [-0.05, 0) is 24.7 Å². The number of sulfonamides is 1. The molecule has 1 atom stereocenters. The highest BCUT2D eigenvalue weighted by molar-refractivity contribution is 7.88. The largest absolute Gasteiger partial charge is 0.326 e. The van der Waals surface area contributed by atoms with Gasteiger partial charge in [-0.15, -0.1) is 12.4 Å². The monoisotopic (exact) mass is 321 g/mol. The third kappa shape index (κ3) is 6.85. The molecule has 1 rings (SSSR count). The zero-order valence-corrected chi connectivity index (χ0v) is 13.1. The Bertz CT molecular complexity index is 531. The molecule has 1 unspecified atom stereocenters. The summed E-state index contributed by atoms with van der Waals surface area (Å²) >= 11 is 0. The van der Waals surface area contributed by atoms with E-state index in [2.05, 4.69) is 10.6 Å². The Morgan fingerprint density at radius 1 is 1.30 bits per heavy atom. The Hall–Kier alpha value is -1.15. The van der Waals surface area contributed by atoms with Crippen LogP contribution in [-0.4, -0.2) is 27.9 Å². The lowest BCUT2D eigenvalue weighted by Gasteiger charge is -2.11. The standard InChI is InChI=1S/C12H19N3O3S.ClH/c1-9(7-14-2)12(16)15-11-5-3-10(4-6-11)8-19(13,17)18;/h3-6,9,14H,7-8H2,1-2H3,(H,15,16)(H2,13,17,18);1H. The van der Waals surface area contributed by atoms with Crippen LogP contribution < -0.4 is 15.8 Å². The van der Waals surface area contributed by atoms with Crippen molar-refractivity contribution in [3.63, 3.8) is 0 Å². The summed E-state index contributed by atoms with van der Waals surface area (Å²) in [7, 11) is -1.75. The Morgan fingerprint density at radius 2 is 1.85 bits per heavy atom. The molecule has 8 heteroatoms. The summed E-state index contributed by atoms with van der Waals surface area (Å²) in [6, 6.07) is 6.57. The molecular formula is C12H20ClN3O3S. The number of carbonyl (C=O) groups is 1. The van der Waals surface area contributed by atoms with Crippen molar-refractivity contribution in [1.29, 1.82) is 0 Å². The highest BCUT2D eigenvalue weighted by atomic mass is 35.5. The summed E-state index contributed by atoms with van der Waals surface area (Å²) < 4.78 is 21.9. The van der Waals surface area contributed by atoms with Crippen LogP contribution in [0.4, 0.5) is 5.69 Å². The fourth-order valence-electron chi connectivity index (χ4n) is 1.58. The smallest absolute Gasteiger partial charge is 0.228 e. The minimum Gasteiger partial charge on any atom is -0.326 e. The predicted octanol–water partition coefficient (Wildman–Crippen LogP) is 0.691. The lowest BCUT2D eigenvalue weighted by atomic mass is 10.1. The van der Waals surface area contributed by atoms with Crippen LogP contribution in [0.25, 0.3) is 0 Å². The summed E-state index contributed by atoms with van der Waals surface area (Å²) in [5.41, 5.74) is 1.22.